The minimum absolute atomic E-state index is 0.129. The zero-order chi connectivity index (χ0) is 16.1. The van der Waals surface area contributed by atoms with Gasteiger partial charge in [0.2, 0.25) is 0 Å². The standard InChI is InChI=1S/C17H20N2O3/c1-18(13-5-9-15(21-3)10-6-13)17(20)19(2)14-7-11-16(22-4)12-8-14/h5-12H,1-4H3. The lowest BCUT2D eigenvalue weighted by Crippen LogP contribution is -2.38. The van der Waals surface area contributed by atoms with Gasteiger partial charge in [0.15, 0.2) is 0 Å². The third kappa shape index (κ3) is 3.31. The van der Waals surface area contributed by atoms with Gasteiger partial charge in [0.1, 0.15) is 11.5 Å². The van der Waals surface area contributed by atoms with E-state index in [1.165, 1.54) is 0 Å². The van der Waals surface area contributed by atoms with Gasteiger partial charge in [-0.3, -0.25) is 9.80 Å². The van der Waals surface area contributed by atoms with Gasteiger partial charge in [-0.15, -0.1) is 0 Å². The van der Waals surface area contributed by atoms with Crippen LogP contribution in [0.15, 0.2) is 48.5 Å². The Morgan fingerprint density at radius 2 is 1.05 bits per heavy atom. The first-order valence-corrected chi connectivity index (χ1v) is 6.86. The zero-order valence-corrected chi connectivity index (χ0v) is 13.2. The van der Waals surface area contributed by atoms with E-state index in [0.717, 1.165) is 22.9 Å². The van der Waals surface area contributed by atoms with Gasteiger partial charge in [0, 0.05) is 25.5 Å². The van der Waals surface area contributed by atoms with E-state index in [2.05, 4.69) is 0 Å². The normalized spacial score (nSPS) is 10.0. The number of rotatable bonds is 4. The molecule has 0 fully saturated rings. The average Bonchev–Trinajstić information content (AvgIpc) is 2.60. The van der Waals surface area contributed by atoms with Crippen LogP contribution in [-0.4, -0.2) is 34.3 Å². The third-order valence-electron chi connectivity index (χ3n) is 3.49. The van der Waals surface area contributed by atoms with E-state index in [-0.39, 0.29) is 6.03 Å². The fourth-order valence-electron chi connectivity index (χ4n) is 2.06. The second-order valence-corrected chi connectivity index (χ2v) is 4.80. The second kappa shape index (κ2) is 6.85. The molecule has 2 aromatic rings. The molecule has 0 radical (unpaired) electrons. The second-order valence-electron chi connectivity index (χ2n) is 4.80. The van der Waals surface area contributed by atoms with E-state index in [0.29, 0.717) is 0 Å². The van der Waals surface area contributed by atoms with Gasteiger partial charge in [-0.25, -0.2) is 4.79 Å². The zero-order valence-electron chi connectivity index (χ0n) is 13.2. The lowest BCUT2D eigenvalue weighted by atomic mass is 10.2. The first-order valence-electron chi connectivity index (χ1n) is 6.86. The Morgan fingerprint density at radius 3 is 1.32 bits per heavy atom. The summed E-state index contributed by atoms with van der Waals surface area (Å²) in [6.07, 6.45) is 0. The van der Waals surface area contributed by atoms with Crippen molar-refractivity contribution in [2.45, 2.75) is 0 Å². The molecule has 0 aliphatic rings. The van der Waals surface area contributed by atoms with E-state index < -0.39 is 0 Å². The highest BCUT2D eigenvalue weighted by molar-refractivity contribution is 6.02. The Kier molecular flexibility index (Phi) is 4.88. The van der Waals surface area contributed by atoms with E-state index in [9.17, 15) is 4.79 Å². The van der Waals surface area contributed by atoms with Crippen LogP contribution in [0.1, 0.15) is 0 Å². The molecule has 2 aromatic carbocycles. The maximum atomic E-state index is 12.5. The summed E-state index contributed by atoms with van der Waals surface area (Å²) in [4.78, 5) is 15.7. The Bertz CT molecular complexity index is 568. The molecule has 0 spiro atoms. The predicted molar refractivity (Wildman–Crippen MR) is 88.2 cm³/mol. The lowest BCUT2D eigenvalue weighted by Gasteiger charge is -2.25. The highest BCUT2D eigenvalue weighted by Crippen LogP contribution is 2.22. The van der Waals surface area contributed by atoms with Gasteiger partial charge < -0.3 is 9.47 Å². The van der Waals surface area contributed by atoms with Crippen molar-refractivity contribution in [3.8, 4) is 11.5 Å². The molecule has 0 saturated heterocycles. The SMILES string of the molecule is COc1ccc(N(C)C(=O)N(C)c2ccc(OC)cc2)cc1. The molecule has 0 aromatic heterocycles. The van der Waals surface area contributed by atoms with Crippen LogP contribution in [0, 0.1) is 0 Å². The third-order valence-corrected chi connectivity index (χ3v) is 3.49. The van der Waals surface area contributed by atoms with E-state index >= 15 is 0 Å². The topological polar surface area (TPSA) is 42.0 Å². The predicted octanol–water partition coefficient (Wildman–Crippen LogP) is 3.40. The van der Waals surface area contributed by atoms with Crippen molar-refractivity contribution in [2.24, 2.45) is 0 Å². The number of methoxy groups -OCH3 is 2. The summed E-state index contributed by atoms with van der Waals surface area (Å²) in [5.74, 6) is 1.52. The van der Waals surface area contributed by atoms with Crippen molar-refractivity contribution < 1.29 is 14.3 Å². The van der Waals surface area contributed by atoms with Crippen LogP contribution in [0.2, 0.25) is 0 Å². The van der Waals surface area contributed by atoms with Crippen LogP contribution in [0.5, 0.6) is 11.5 Å². The molecule has 2 amide bonds. The van der Waals surface area contributed by atoms with Gasteiger partial charge in [0.05, 0.1) is 14.2 Å². The number of hydrogen-bond donors (Lipinski definition) is 0. The Balaban J connectivity index is 2.13. The summed E-state index contributed by atoms with van der Waals surface area (Å²) < 4.78 is 10.2. The molecule has 0 N–H and O–H groups in total. The van der Waals surface area contributed by atoms with Crippen LogP contribution in [0.3, 0.4) is 0 Å². The molecule has 22 heavy (non-hydrogen) atoms. The molecule has 0 aliphatic heterocycles. The van der Waals surface area contributed by atoms with Crippen LogP contribution in [0.4, 0.5) is 16.2 Å². The molecular formula is C17H20N2O3. The number of amides is 2. The number of benzene rings is 2. The molecule has 0 saturated carbocycles. The van der Waals surface area contributed by atoms with Crippen molar-refractivity contribution in [3.63, 3.8) is 0 Å². The van der Waals surface area contributed by atoms with Crippen LogP contribution in [0.25, 0.3) is 0 Å². The van der Waals surface area contributed by atoms with Gasteiger partial charge in [0.25, 0.3) is 0 Å². The van der Waals surface area contributed by atoms with Crippen molar-refractivity contribution in [3.05, 3.63) is 48.5 Å². The minimum Gasteiger partial charge on any atom is -0.497 e. The maximum absolute atomic E-state index is 12.5. The molecule has 116 valence electrons. The van der Waals surface area contributed by atoms with E-state index in [1.54, 1.807) is 38.1 Å². The fraction of sp³-hybridized carbons (Fsp3) is 0.235. The van der Waals surface area contributed by atoms with Crippen molar-refractivity contribution in [1.82, 2.24) is 0 Å². The minimum atomic E-state index is -0.129. The summed E-state index contributed by atoms with van der Waals surface area (Å²) in [6.45, 7) is 0. The molecule has 5 nitrogen and oxygen atoms in total. The summed E-state index contributed by atoms with van der Waals surface area (Å²) in [6, 6.07) is 14.6. The summed E-state index contributed by atoms with van der Waals surface area (Å²) >= 11 is 0. The number of carbonyl (C=O) groups excluding carboxylic acids is 1. The average molecular weight is 300 g/mol. The number of nitrogens with zero attached hydrogens (tertiary/aromatic N) is 2. The number of anilines is 2. The monoisotopic (exact) mass is 300 g/mol. The van der Waals surface area contributed by atoms with Crippen molar-refractivity contribution >= 4 is 17.4 Å². The molecule has 0 aliphatic carbocycles. The molecule has 5 heteroatoms. The molecule has 0 heterocycles. The fourth-order valence-corrected chi connectivity index (χ4v) is 2.06. The first kappa shape index (κ1) is 15.7. The Hall–Kier alpha value is -2.69. The van der Waals surface area contributed by atoms with Crippen molar-refractivity contribution in [2.75, 3.05) is 38.1 Å². The van der Waals surface area contributed by atoms with Crippen LogP contribution >= 0.6 is 0 Å². The Labute approximate surface area is 130 Å². The van der Waals surface area contributed by atoms with Gasteiger partial charge >= 0.3 is 6.03 Å². The Morgan fingerprint density at radius 1 is 0.727 bits per heavy atom. The summed E-state index contributed by atoms with van der Waals surface area (Å²) in [5, 5.41) is 0. The molecule has 0 atom stereocenters. The van der Waals surface area contributed by atoms with Crippen LogP contribution in [-0.2, 0) is 0 Å². The van der Waals surface area contributed by atoms with Crippen molar-refractivity contribution in [1.29, 1.82) is 0 Å². The quantitative estimate of drug-likeness (QED) is 0.869. The summed E-state index contributed by atoms with van der Waals surface area (Å²) in [5.41, 5.74) is 1.59. The van der Waals surface area contributed by atoms with Gasteiger partial charge in [-0.05, 0) is 48.5 Å². The number of urea groups is 1. The number of hydrogen-bond acceptors (Lipinski definition) is 3. The maximum Gasteiger partial charge on any atom is 0.328 e. The van der Waals surface area contributed by atoms with Gasteiger partial charge in [-0.1, -0.05) is 0 Å². The number of carbonyl (C=O) groups is 1. The highest BCUT2D eigenvalue weighted by Gasteiger charge is 2.17. The lowest BCUT2D eigenvalue weighted by molar-refractivity contribution is 0.253. The highest BCUT2D eigenvalue weighted by atomic mass is 16.5. The largest absolute Gasteiger partial charge is 0.497 e. The molecule has 2 rings (SSSR count). The first-order chi connectivity index (χ1) is 10.6. The molecular weight excluding hydrogens is 280 g/mol. The smallest absolute Gasteiger partial charge is 0.328 e. The number of ether oxygens (including phenoxy) is 2. The van der Waals surface area contributed by atoms with Gasteiger partial charge in [-0.2, -0.15) is 0 Å². The van der Waals surface area contributed by atoms with Crippen LogP contribution < -0.4 is 19.3 Å². The van der Waals surface area contributed by atoms with E-state index in [1.807, 2.05) is 48.5 Å². The molecule has 0 unspecified atom stereocenters. The summed E-state index contributed by atoms with van der Waals surface area (Å²) in [7, 11) is 6.71. The molecule has 0 bridgehead atoms. The van der Waals surface area contributed by atoms with E-state index in [4.69, 9.17) is 9.47 Å².